The van der Waals surface area contributed by atoms with Gasteiger partial charge < -0.3 is 5.32 Å². The standard InChI is InChI=1S/C13H21NO2S/c1-3-9-14-10-6-11-17(15,16)13-8-5-4-7-12(13)2/h4-5,7-8,14H,3,6,9-11H2,1-2H3. The van der Waals surface area contributed by atoms with Crippen LogP contribution in [-0.2, 0) is 9.84 Å². The molecule has 0 atom stereocenters. The highest BCUT2D eigenvalue weighted by molar-refractivity contribution is 7.91. The SMILES string of the molecule is CCCNCCCS(=O)(=O)c1ccccc1C. The Labute approximate surface area is 104 Å². The van der Waals surface area contributed by atoms with Crippen molar-refractivity contribution in [2.24, 2.45) is 0 Å². The molecule has 17 heavy (non-hydrogen) atoms. The van der Waals surface area contributed by atoms with Crippen molar-refractivity contribution in [2.45, 2.75) is 31.6 Å². The van der Waals surface area contributed by atoms with Gasteiger partial charge in [-0.2, -0.15) is 0 Å². The molecule has 0 radical (unpaired) electrons. The van der Waals surface area contributed by atoms with E-state index in [1.54, 1.807) is 12.1 Å². The highest BCUT2D eigenvalue weighted by atomic mass is 32.2. The molecule has 0 bridgehead atoms. The fourth-order valence-electron chi connectivity index (χ4n) is 1.70. The summed E-state index contributed by atoms with van der Waals surface area (Å²) in [7, 11) is -3.12. The first-order valence-corrected chi connectivity index (χ1v) is 7.72. The molecule has 0 unspecified atom stereocenters. The van der Waals surface area contributed by atoms with E-state index in [2.05, 4.69) is 12.2 Å². The topological polar surface area (TPSA) is 46.2 Å². The number of rotatable bonds is 7. The zero-order valence-electron chi connectivity index (χ0n) is 10.6. The van der Waals surface area contributed by atoms with Gasteiger partial charge in [-0.05, 0) is 44.5 Å². The van der Waals surface area contributed by atoms with Crippen molar-refractivity contribution < 1.29 is 8.42 Å². The van der Waals surface area contributed by atoms with E-state index in [1.807, 2.05) is 19.1 Å². The van der Waals surface area contributed by atoms with Crippen LogP contribution in [0.3, 0.4) is 0 Å². The maximum Gasteiger partial charge on any atom is 0.178 e. The minimum atomic E-state index is -3.12. The second-order valence-electron chi connectivity index (χ2n) is 4.19. The fourth-order valence-corrected chi connectivity index (χ4v) is 3.29. The molecule has 1 aromatic rings. The number of hydrogen-bond donors (Lipinski definition) is 1. The minimum Gasteiger partial charge on any atom is -0.317 e. The molecule has 1 N–H and O–H groups in total. The first-order chi connectivity index (χ1) is 8.08. The van der Waals surface area contributed by atoms with Gasteiger partial charge in [-0.15, -0.1) is 0 Å². The third-order valence-corrected chi connectivity index (χ3v) is 4.58. The first kappa shape index (κ1) is 14.2. The maximum absolute atomic E-state index is 12.1. The van der Waals surface area contributed by atoms with Crippen LogP contribution in [0.15, 0.2) is 29.2 Å². The van der Waals surface area contributed by atoms with Crippen molar-refractivity contribution in [3.05, 3.63) is 29.8 Å². The van der Waals surface area contributed by atoms with Gasteiger partial charge in [-0.3, -0.25) is 0 Å². The van der Waals surface area contributed by atoms with Crippen LogP contribution in [-0.4, -0.2) is 27.3 Å². The smallest absolute Gasteiger partial charge is 0.178 e. The number of nitrogens with one attached hydrogen (secondary N) is 1. The largest absolute Gasteiger partial charge is 0.317 e. The minimum absolute atomic E-state index is 0.217. The van der Waals surface area contributed by atoms with E-state index in [0.29, 0.717) is 11.3 Å². The molecule has 0 fully saturated rings. The summed E-state index contributed by atoms with van der Waals surface area (Å²) in [4.78, 5) is 0.468. The number of aryl methyl sites for hydroxylation is 1. The highest BCUT2D eigenvalue weighted by Crippen LogP contribution is 2.16. The average Bonchev–Trinajstić information content (AvgIpc) is 2.29. The van der Waals surface area contributed by atoms with Crippen molar-refractivity contribution in [3.63, 3.8) is 0 Å². The Morgan fingerprint density at radius 2 is 1.88 bits per heavy atom. The van der Waals surface area contributed by atoms with Gasteiger partial charge in [0.25, 0.3) is 0 Å². The Bertz CT molecular complexity index is 440. The number of benzene rings is 1. The van der Waals surface area contributed by atoms with Gasteiger partial charge in [0.1, 0.15) is 0 Å². The number of hydrogen-bond acceptors (Lipinski definition) is 3. The molecule has 0 aromatic heterocycles. The molecule has 0 heterocycles. The lowest BCUT2D eigenvalue weighted by atomic mass is 10.2. The van der Waals surface area contributed by atoms with E-state index >= 15 is 0 Å². The van der Waals surface area contributed by atoms with Crippen molar-refractivity contribution in [2.75, 3.05) is 18.8 Å². The van der Waals surface area contributed by atoms with Gasteiger partial charge >= 0.3 is 0 Å². The van der Waals surface area contributed by atoms with E-state index in [0.717, 1.165) is 25.1 Å². The van der Waals surface area contributed by atoms with Gasteiger partial charge in [-0.1, -0.05) is 25.1 Å². The second-order valence-corrected chi connectivity index (χ2v) is 6.27. The van der Waals surface area contributed by atoms with Crippen molar-refractivity contribution in [3.8, 4) is 0 Å². The van der Waals surface area contributed by atoms with Gasteiger partial charge in [0.2, 0.25) is 0 Å². The molecular weight excluding hydrogens is 234 g/mol. The van der Waals surface area contributed by atoms with Gasteiger partial charge in [0, 0.05) is 0 Å². The molecule has 0 aliphatic heterocycles. The van der Waals surface area contributed by atoms with E-state index in [9.17, 15) is 8.42 Å². The molecule has 1 rings (SSSR count). The third-order valence-electron chi connectivity index (χ3n) is 2.62. The number of sulfone groups is 1. The van der Waals surface area contributed by atoms with Crippen LogP contribution in [0.25, 0.3) is 0 Å². The van der Waals surface area contributed by atoms with Crippen LogP contribution in [0, 0.1) is 6.92 Å². The highest BCUT2D eigenvalue weighted by Gasteiger charge is 2.15. The summed E-state index contributed by atoms with van der Waals surface area (Å²) in [6.45, 7) is 5.64. The van der Waals surface area contributed by atoms with Crippen molar-refractivity contribution in [1.82, 2.24) is 5.32 Å². The predicted octanol–water partition coefficient (Wildman–Crippen LogP) is 2.16. The molecule has 0 amide bonds. The Balaban J connectivity index is 2.55. The van der Waals surface area contributed by atoms with Gasteiger partial charge in [-0.25, -0.2) is 8.42 Å². The van der Waals surface area contributed by atoms with E-state index in [1.165, 1.54) is 0 Å². The van der Waals surface area contributed by atoms with Crippen LogP contribution in [0.1, 0.15) is 25.3 Å². The fraction of sp³-hybridized carbons (Fsp3) is 0.538. The second kappa shape index (κ2) is 6.77. The summed E-state index contributed by atoms with van der Waals surface area (Å²) >= 11 is 0. The van der Waals surface area contributed by atoms with E-state index < -0.39 is 9.84 Å². The summed E-state index contributed by atoms with van der Waals surface area (Å²) in [5, 5.41) is 3.21. The lowest BCUT2D eigenvalue weighted by Gasteiger charge is -2.07. The normalized spacial score (nSPS) is 11.6. The van der Waals surface area contributed by atoms with Crippen LogP contribution < -0.4 is 5.32 Å². The summed E-state index contributed by atoms with van der Waals surface area (Å²) < 4.78 is 24.1. The summed E-state index contributed by atoms with van der Waals surface area (Å²) in [6.07, 6.45) is 1.74. The third kappa shape index (κ3) is 4.48. The predicted molar refractivity (Wildman–Crippen MR) is 71.0 cm³/mol. The average molecular weight is 255 g/mol. The molecular formula is C13H21NO2S. The van der Waals surface area contributed by atoms with Gasteiger partial charge in [0.15, 0.2) is 9.84 Å². The first-order valence-electron chi connectivity index (χ1n) is 6.07. The summed E-state index contributed by atoms with van der Waals surface area (Å²) in [6, 6.07) is 7.15. The summed E-state index contributed by atoms with van der Waals surface area (Å²) in [5.74, 6) is 0.217. The molecule has 0 saturated carbocycles. The molecule has 0 aliphatic carbocycles. The molecule has 0 aliphatic rings. The van der Waals surface area contributed by atoms with E-state index in [4.69, 9.17) is 0 Å². The van der Waals surface area contributed by atoms with Crippen LogP contribution in [0.5, 0.6) is 0 Å². The zero-order valence-corrected chi connectivity index (χ0v) is 11.4. The molecule has 3 nitrogen and oxygen atoms in total. The molecule has 4 heteroatoms. The molecule has 0 saturated heterocycles. The lowest BCUT2D eigenvalue weighted by molar-refractivity contribution is 0.587. The molecule has 0 spiro atoms. The Morgan fingerprint density at radius 3 is 2.53 bits per heavy atom. The molecule has 96 valence electrons. The quantitative estimate of drug-likeness (QED) is 0.759. The van der Waals surface area contributed by atoms with E-state index in [-0.39, 0.29) is 5.75 Å². The monoisotopic (exact) mass is 255 g/mol. The van der Waals surface area contributed by atoms with Crippen molar-refractivity contribution in [1.29, 1.82) is 0 Å². The van der Waals surface area contributed by atoms with Gasteiger partial charge in [0.05, 0.1) is 10.6 Å². The Hall–Kier alpha value is -0.870. The summed E-state index contributed by atoms with van der Waals surface area (Å²) in [5.41, 5.74) is 0.828. The van der Waals surface area contributed by atoms with Crippen LogP contribution in [0.4, 0.5) is 0 Å². The van der Waals surface area contributed by atoms with Crippen molar-refractivity contribution >= 4 is 9.84 Å². The lowest BCUT2D eigenvalue weighted by Crippen LogP contribution is -2.19. The zero-order chi connectivity index (χ0) is 12.7. The maximum atomic E-state index is 12.1. The van der Waals surface area contributed by atoms with Crippen LogP contribution >= 0.6 is 0 Å². The van der Waals surface area contributed by atoms with Crippen LogP contribution in [0.2, 0.25) is 0 Å². The Morgan fingerprint density at radius 1 is 1.18 bits per heavy atom. The Kier molecular flexibility index (Phi) is 5.65. The molecule has 1 aromatic carbocycles.